The molecular weight excluding hydrogens is 252 g/mol. The first kappa shape index (κ1) is 15.2. The summed E-state index contributed by atoms with van der Waals surface area (Å²) in [6.07, 6.45) is -2.12. The van der Waals surface area contributed by atoms with Crippen LogP contribution in [0, 0.1) is 5.41 Å². The third-order valence-electron chi connectivity index (χ3n) is 3.38. The van der Waals surface area contributed by atoms with Gasteiger partial charge in [-0.05, 0) is 24.8 Å². The zero-order valence-electron chi connectivity index (χ0n) is 10.4. The Balaban J connectivity index is 2.52. The maximum absolute atomic E-state index is 12.7. The predicted molar refractivity (Wildman–Crippen MR) is 58.8 cm³/mol. The van der Waals surface area contributed by atoms with Gasteiger partial charge in [-0.25, -0.2) is 8.78 Å². The molecule has 1 rings (SSSR count). The van der Waals surface area contributed by atoms with Gasteiger partial charge in [0.15, 0.2) is 0 Å². The molecule has 3 nitrogen and oxygen atoms in total. The number of carbonyl (C=O) groups excluding carboxylic acids is 1. The van der Waals surface area contributed by atoms with Crippen molar-refractivity contribution in [2.75, 3.05) is 13.1 Å². The number of carbonyl (C=O) groups is 1. The van der Waals surface area contributed by atoms with Crippen molar-refractivity contribution in [1.82, 2.24) is 10.6 Å². The third-order valence-corrected chi connectivity index (χ3v) is 3.38. The first-order chi connectivity index (χ1) is 8.18. The van der Waals surface area contributed by atoms with Crippen LogP contribution >= 0.6 is 0 Å². The lowest BCUT2D eigenvalue weighted by Crippen LogP contribution is -2.55. The molecular formula is C11H18F4N2O. The Bertz CT molecular complexity index is 307. The van der Waals surface area contributed by atoms with E-state index in [1.54, 1.807) is 0 Å². The van der Waals surface area contributed by atoms with Gasteiger partial charge in [0, 0.05) is 12.6 Å². The van der Waals surface area contributed by atoms with E-state index in [0.717, 1.165) is 19.4 Å². The van der Waals surface area contributed by atoms with Crippen LogP contribution in [0.5, 0.6) is 0 Å². The molecule has 1 aliphatic rings. The summed E-state index contributed by atoms with van der Waals surface area (Å²) in [5.41, 5.74) is -0.161. The first-order valence-electron chi connectivity index (χ1n) is 5.85. The van der Waals surface area contributed by atoms with E-state index in [4.69, 9.17) is 0 Å². The van der Waals surface area contributed by atoms with Crippen molar-refractivity contribution in [2.45, 2.75) is 45.1 Å². The Morgan fingerprint density at radius 2 is 2.11 bits per heavy atom. The van der Waals surface area contributed by atoms with Crippen LogP contribution < -0.4 is 10.6 Å². The van der Waals surface area contributed by atoms with Crippen LogP contribution in [-0.4, -0.2) is 37.4 Å². The molecule has 1 heterocycles. The van der Waals surface area contributed by atoms with E-state index in [2.05, 4.69) is 5.32 Å². The van der Waals surface area contributed by atoms with Gasteiger partial charge < -0.3 is 10.6 Å². The Morgan fingerprint density at radius 1 is 1.50 bits per heavy atom. The fourth-order valence-electron chi connectivity index (χ4n) is 2.03. The van der Waals surface area contributed by atoms with E-state index in [1.807, 2.05) is 19.2 Å². The first-order valence-corrected chi connectivity index (χ1v) is 5.85. The molecule has 0 aromatic heterocycles. The highest BCUT2D eigenvalue weighted by molar-refractivity contribution is 5.83. The maximum atomic E-state index is 12.7. The third kappa shape index (κ3) is 3.34. The second-order valence-corrected chi connectivity index (χ2v) is 5.23. The number of amides is 1. The van der Waals surface area contributed by atoms with Gasteiger partial charge in [-0.3, -0.25) is 4.79 Å². The van der Waals surface area contributed by atoms with Crippen molar-refractivity contribution in [3.8, 4) is 0 Å². The van der Waals surface area contributed by atoms with Crippen LogP contribution in [0.25, 0.3) is 0 Å². The van der Waals surface area contributed by atoms with Crippen LogP contribution in [0.1, 0.15) is 26.7 Å². The van der Waals surface area contributed by atoms with Crippen LogP contribution in [0.4, 0.5) is 17.6 Å². The molecule has 0 aromatic rings. The van der Waals surface area contributed by atoms with Crippen LogP contribution in [0.15, 0.2) is 0 Å². The summed E-state index contributed by atoms with van der Waals surface area (Å²) >= 11 is 0. The number of hydrogen-bond acceptors (Lipinski definition) is 2. The Labute approximate surface area is 103 Å². The summed E-state index contributed by atoms with van der Waals surface area (Å²) in [4.78, 5) is 11.0. The van der Waals surface area contributed by atoms with E-state index < -0.39 is 18.3 Å². The highest BCUT2D eigenvalue weighted by atomic mass is 19.3. The van der Waals surface area contributed by atoms with Crippen molar-refractivity contribution in [1.29, 1.82) is 0 Å². The van der Waals surface area contributed by atoms with E-state index in [1.165, 1.54) is 0 Å². The Hall–Kier alpha value is -0.850. The standard InChI is InChI=1S/C11H18F4N2O/c1-10(2)4-3-5-16-7(10)6-17-9(18)11(14,15)8(12)13/h7-8,16H,3-6H2,1-2H3,(H,17,18). The fourth-order valence-corrected chi connectivity index (χ4v) is 2.03. The van der Waals surface area contributed by atoms with Crippen LogP contribution in [0.2, 0.25) is 0 Å². The van der Waals surface area contributed by atoms with Gasteiger partial charge in [0.05, 0.1) is 0 Å². The lowest BCUT2D eigenvalue weighted by atomic mass is 9.77. The molecule has 1 atom stereocenters. The fraction of sp³-hybridized carbons (Fsp3) is 0.909. The van der Waals surface area contributed by atoms with Crippen molar-refractivity contribution in [2.24, 2.45) is 5.41 Å². The van der Waals surface area contributed by atoms with Crippen molar-refractivity contribution >= 4 is 5.91 Å². The van der Waals surface area contributed by atoms with Crippen LogP contribution in [0.3, 0.4) is 0 Å². The number of piperidine rings is 1. The van der Waals surface area contributed by atoms with E-state index in [9.17, 15) is 22.4 Å². The zero-order valence-corrected chi connectivity index (χ0v) is 10.4. The molecule has 1 unspecified atom stereocenters. The quantitative estimate of drug-likeness (QED) is 0.765. The van der Waals surface area contributed by atoms with Crippen molar-refractivity contribution < 1.29 is 22.4 Å². The number of nitrogens with one attached hydrogen (secondary N) is 2. The number of hydrogen-bond donors (Lipinski definition) is 2. The summed E-state index contributed by atoms with van der Waals surface area (Å²) < 4.78 is 49.3. The van der Waals surface area contributed by atoms with Crippen LogP contribution in [-0.2, 0) is 4.79 Å². The van der Waals surface area contributed by atoms with Gasteiger partial charge in [0.25, 0.3) is 5.91 Å². The summed E-state index contributed by atoms with van der Waals surface area (Å²) in [5, 5.41) is 5.00. The van der Waals surface area contributed by atoms with E-state index >= 15 is 0 Å². The molecule has 0 spiro atoms. The van der Waals surface area contributed by atoms with Gasteiger partial charge in [0.1, 0.15) is 0 Å². The molecule has 1 saturated heterocycles. The molecule has 7 heteroatoms. The highest BCUT2D eigenvalue weighted by Crippen LogP contribution is 2.30. The summed E-state index contributed by atoms with van der Waals surface area (Å²) in [7, 11) is 0. The molecule has 1 aliphatic heterocycles. The molecule has 2 N–H and O–H groups in total. The minimum absolute atomic E-state index is 0.0753. The van der Waals surface area contributed by atoms with Gasteiger partial charge in [-0.1, -0.05) is 13.8 Å². The number of rotatable bonds is 4. The molecule has 0 aromatic carbocycles. The summed E-state index contributed by atoms with van der Waals surface area (Å²) in [5.74, 6) is -6.54. The Morgan fingerprint density at radius 3 is 2.61 bits per heavy atom. The van der Waals surface area contributed by atoms with Gasteiger partial charge in [-0.2, -0.15) is 8.78 Å². The topological polar surface area (TPSA) is 41.1 Å². The average molecular weight is 270 g/mol. The molecule has 0 radical (unpaired) electrons. The molecule has 1 fully saturated rings. The number of alkyl halides is 4. The molecule has 1 amide bonds. The molecule has 0 aliphatic carbocycles. The second kappa shape index (κ2) is 5.42. The zero-order chi connectivity index (χ0) is 14.0. The van der Waals surface area contributed by atoms with Crippen molar-refractivity contribution in [3.05, 3.63) is 0 Å². The highest BCUT2D eigenvalue weighted by Gasteiger charge is 2.49. The lowest BCUT2D eigenvalue weighted by molar-refractivity contribution is -0.169. The lowest BCUT2D eigenvalue weighted by Gasteiger charge is -2.39. The van der Waals surface area contributed by atoms with E-state index in [-0.39, 0.29) is 18.0 Å². The summed E-state index contributed by atoms with van der Waals surface area (Å²) in [6, 6.07) is -0.191. The molecule has 106 valence electrons. The summed E-state index contributed by atoms with van der Waals surface area (Å²) in [6.45, 7) is 4.55. The Kier molecular flexibility index (Phi) is 4.58. The molecule has 18 heavy (non-hydrogen) atoms. The van der Waals surface area contributed by atoms with Gasteiger partial charge >= 0.3 is 12.3 Å². The minimum Gasteiger partial charge on any atom is -0.349 e. The minimum atomic E-state index is -4.63. The molecule has 0 saturated carbocycles. The normalized spacial score (nSPS) is 24.1. The second-order valence-electron chi connectivity index (χ2n) is 5.23. The van der Waals surface area contributed by atoms with Gasteiger partial charge in [0.2, 0.25) is 0 Å². The largest absolute Gasteiger partial charge is 0.383 e. The van der Waals surface area contributed by atoms with E-state index in [0.29, 0.717) is 0 Å². The smallest absolute Gasteiger partial charge is 0.349 e. The molecule has 0 bridgehead atoms. The van der Waals surface area contributed by atoms with Gasteiger partial charge in [-0.15, -0.1) is 0 Å². The maximum Gasteiger partial charge on any atom is 0.383 e. The monoisotopic (exact) mass is 270 g/mol. The van der Waals surface area contributed by atoms with Crippen molar-refractivity contribution in [3.63, 3.8) is 0 Å². The predicted octanol–water partition coefficient (Wildman–Crippen LogP) is 1.78. The SMILES string of the molecule is CC1(C)CCCNC1CNC(=O)C(F)(F)C(F)F. The average Bonchev–Trinajstić information content (AvgIpc) is 2.26. The number of halogens is 4.